The number of rotatable bonds is 4. The second-order valence-corrected chi connectivity index (χ2v) is 9.02. The van der Waals surface area contributed by atoms with Crippen molar-refractivity contribution in [1.82, 2.24) is 24.6 Å². The number of amides is 1. The number of carbonyl (C=O) groups excluding carboxylic acids is 1. The molecule has 3 aromatic rings. The van der Waals surface area contributed by atoms with Gasteiger partial charge in [-0.15, -0.1) is 35.0 Å². The van der Waals surface area contributed by atoms with Gasteiger partial charge in [-0.1, -0.05) is 23.7 Å². The summed E-state index contributed by atoms with van der Waals surface area (Å²) in [5.41, 5.74) is 7.57. The van der Waals surface area contributed by atoms with Gasteiger partial charge in [0.05, 0.1) is 11.8 Å². The van der Waals surface area contributed by atoms with Crippen molar-refractivity contribution in [3.05, 3.63) is 65.0 Å². The van der Waals surface area contributed by atoms with E-state index in [0.29, 0.717) is 36.0 Å². The highest BCUT2D eigenvalue weighted by Gasteiger charge is 2.41. The Bertz CT molecular complexity index is 1170. The van der Waals surface area contributed by atoms with E-state index in [2.05, 4.69) is 21.2 Å². The van der Waals surface area contributed by atoms with E-state index in [1.807, 2.05) is 23.1 Å². The van der Waals surface area contributed by atoms with E-state index in [0.717, 1.165) is 31.9 Å². The Morgan fingerprint density at radius 2 is 1.85 bits per heavy atom. The van der Waals surface area contributed by atoms with Crippen LogP contribution in [0.25, 0.3) is 11.4 Å². The number of halogens is 4. The van der Waals surface area contributed by atoms with E-state index >= 15 is 0 Å². The number of hydrogen-bond donors (Lipinski definition) is 1. The summed E-state index contributed by atoms with van der Waals surface area (Å²) >= 11 is 6.22. The van der Waals surface area contributed by atoms with Gasteiger partial charge >= 0.3 is 0 Å². The SMILES string of the molecule is Cl.Cl.NCC1(c2cccc(Cl)c2)CCC(N2CCn3c(nnc3-c3ccncc3F)C2=O)CC1. The lowest BCUT2D eigenvalue weighted by Crippen LogP contribution is -2.50. The second-order valence-electron chi connectivity index (χ2n) is 8.58. The summed E-state index contributed by atoms with van der Waals surface area (Å²) < 4.78 is 15.9. The maximum absolute atomic E-state index is 14.2. The van der Waals surface area contributed by atoms with Crippen LogP contribution in [0.4, 0.5) is 4.39 Å². The number of aromatic nitrogens is 4. The maximum atomic E-state index is 14.2. The Balaban J connectivity index is 0.00000162. The van der Waals surface area contributed by atoms with Crippen molar-refractivity contribution in [3.63, 3.8) is 0 Å². The topological polar surface area (TPSA) is 89.9 Å². The van der Waals surface area contributed by atoms with Crippen molar-refractivity contribution in [3.8, 4) is 11.4 Å². The van der Waals surface area contributed by atoms with Crippen molar-refractivity contribution in [2.75, 3.05) is 13.1 Å². The summed E-state index contributed by atoms with van der Waals surface area (Å²) in [4.78, 5) is 18.9. The molecule has 1 aromatic carbocycles. The zero-order valence-corrected chi connectivity index (χ0v) is 20.8. The number of hydrogen-bond acceptors (Lipinski definition) is 5. The highest BCUT2D eigenvalue weighted by Crippen LogP contribution is 2.41. The van der Waals surface area contributed by atoms with E-state index < -0.39 is 5.82 Å². The number of nitrogens with zero attached hydrogens (tertiary/aromatic N) is 5. The van der Waals surface area contributed by atoms with Crippen LogP contribution < -0.4 is 5.73 Å². The van der Waals surface area contributed by atoms with Crippen LogP contribution >= 0.6 is 36.4 Å². The molecule has 34 heavy (non-hydrogen) atoms. The lowest BCUT2D eigenvalue weighted by atomic mass is 9.68. The molecule has 11 heteroatoms. The summed E-state index contributed by atoms with van der Waals surface area (Å²) in [6.45, 7) is 1.61. The van der Waals surface area contributed by atoms with E-state index in [-0.39, 0.29) is 48.0 Å². The molecule has 1 saturated carbocycles. The molecule has 0 atom stereocenters. The van der Waals surface area contributed by atoms with Crippen molar-refractivity contribution in [1.29, 1.82) is 0 Å². The minimum Gasteiger partial charge on any atom is -0.331 e. The van der Waals surface area contributed by atoms with Crippen LogP contribution in [-0.4, -0.2) is 49.7 Å². The third kappa shape index (κ3) is 4.52. The van der Waals surface area contributed by atoms with Crippen LogP contribution in [0.3, 0.4) is 0 Å². The Morgan fingerprint density at radius 3 is 2.53 bits per heavy atom. The first-order chi connectivity index (χ1) is 15.5. The average Bonchev–Trinajstić information content (AvgIpc) is 3.25. The summed E-state index contributed by atoms with van der Waals surface area (Å²) in [5, 5.41) is 8.93. The number of carbonyl (C=O) groups is 1. The maximum Gasteiger partial charge on any atom is 0.292 e. The smallest absolute Gasteiger partial charge is 0.292 e. The molecular weight excluding hydrogens is 502 g/mol. The van der Waals surface area contributed by atoms with Gasteiger partial charge in [-0.25, -0.2) is 4.39 Å². The Hall–Kier alpha value is -2.26. The molecule has 2 aromatic heterocycles. The fourth-order valence-electron chi connectivity index (χ4n) is 5.11. The van der Waals surface area contributed by atoms with Crippen LogP contribution in [0.1, 0.15) is 41.9 Å². The molecule has 0 radical (unpaired) electrons. The van der Waals surface area contributed by atoms with E-state index in [1.165, 1.54) is 11.8 Å². The zero-order chi connectivity index (χ0) is 22.3. The average molecular weight is 528 g/mol. The van der Waals surface area contributed by atoms with Crippen LogP contribution in [0.2, 0.25) is 5.02 Å². The Kier molecular flexibility index (Phi) is 8.18. The first-order valence-electron chi connectivity index (χ1n) is 10.8. The number of nitrogens with two attached hydrogens (primary N) is 1. The van der Waals surface area contributed by atoms with Gasteiger partial charge in [-0.2, -0.15) is 0 Å². The monoisotopic (exact) mass is 526 g/mol. The molecule has 182 valence electrons. The molecule has 1 fully saturated rings. The highest BCUT2D eigenvalue weighted by atomic mass is 35.5. The molecule has 1 amide bonds. The summed E-state index contributed by atoms with van der Waals surface area (Å²) in [6.07, 6.45) is 6.13. The summed E-state index contributed by atoms with van der Waals surface area (Å²) in [5.74, 6) is -0.0194. The van der Waals surface area contributed by atoms with Crippen LogP contribution in [-0.2, 0) is 12.0 Å². The van der Waals surface area contributed by atoms with Gasteiger partial charge in [0, 0.05) is 42.3 Å². The zero-order valence-electron chi connectivity index (χ0n) is 18.4. The number of pyridine rings is 1. The fourth-order valence-corrected chi connectivity index (χ4v) is 5.30. The first-order valence-corrected chi connectivity index (χ1v) is 11.2. The molecule has 1 aliphatic heterocycles. The molecule has 7 nitrogen and oxygen atoms in total. The van der Waals surface area contributed by atoms with Crippen LogP contribution in [0, 0.1) is 5.82 Å². The minimum absolute atomic E-state index is 0. The first kappa shape index (κ1) is 26.3. The third-order valence-corrected chi connectivity index (χ3v) is 7.20. The molecule has 0 saturated heterocycles. The molecule has 2 N–H and O–H groups in total. The molecule has 0 bridgehead atoms. The number of fused-ring (bicyclic) bond motifs is 1. The second kappa shape index (κ2) is 10.6. The predicted octanol–water partition coefficient (Wildman–Crippen LogP) is 4.27. The van der Waals surface area contributed by atoms with Gasteiger partial charge in [-0.05, 0) is 49.4 Å². The van der Waals surface area contributed by atoms with Gasteiger partial charge in [0.15, 0.2) is 11.6 Å². The van der Waals surface area contributed by atoms with Gasteiger partial charge in [0.25, 0.3) is 5.91 Å². The van der Waals surface area contributed by atoms with Gasteiger partial charge < -0.3 is 15.2 Å². The van der Waals surface area contributed by atoms with Crippen molar-refractivity contribution >= 4 is 42.3 Å². The van der Waals surface area contributed by atoms with Gasteiger partial charge in [-0.3, -0.25) is 9.78 Å². The largest absolute Gasteiger partial charge is 0.331 e. The highest BCUT2D eigenvalue weighted by molar-refractivity contribution is 6.30. The minimum atomic E-state index is -0.482. The lowest BCUT2D eigenvalue weighted by Gasteiger charge is -2.44. The van der Waals surface area contributed by atoms with Crippen LogP contribution in [0.5, 0.6) is 0 Å². The van der Waals surface area contributed by atoms with E-state index in [9.17, 15) is 9.18 Å². The standard InChI is InChI=1S/C23H24ClFN6O.2ClH/c24-16-3-1-2-15(12-16)23(14-26)7-4-17(5-8-23)30-10-11-31-20(28-29-21(31)22(30)32)18-6-9-27-13-19(18)25;;/h1-3,6,9,12-13,17H,4-5,7-8,10-11,14,26H2;2*1H. The van der Waals surface area contributed by atoms with E-state index in [4.69, 9.17) is 17.3 Å². The molecular formula is C23H26Cl3FN6O. The predicted molar refractivity (Wildman–Crippen MR) is 133 cm³/mol. The quantitative estimate of drug-likeness (QED) is 0.547. The van der Waals surface area contributed by atoms with Crippen molar-refractivity contribution < 1.29 is 9.18 Å². The molecule has 0 unspecified atom stereocenters. The van der Waals surface area contributed by atoms with Gasteiger partial charge in [0.1, 0.15) is 0 Å². The van der Waals surface area contributed by atoms with Gasteiger partial charge in [0.2, 0.25) is 5.82 Å². The normalized spacial score (nSPS) is 21.9. The molecule has 0 spiro atoms. The molecule has 3 heterocycles. The molecule has 2 aliphatic rings. The third-order valence-electron chi connectivity index (χ3n) is 6.96. The van der Waals surface area contributed by atoms with E-state index in [1.54, 1.807) is 10.6 Å². The molecule has 1 aliphatic carbocycles. The fraction of sp³-hybridized carbons (Fsp3) is 0.391. The van der Waals surface area contributed by atoms with Crippen molar-refractivity contribution in [2.24, 2.45) is 5.73 Å². The lowest BCUT2D eigenvalue weighted by molar-refractivity contribution is 0.0523. The summed E-state index contributed by atoms with van der Waals surface area (Å²) in [6, 6.07) is 9.59. The van der Waals surface area contributed by atoms with Crippen molar-refractivity contribution in [2.45, 2.75) is 43.7 Å². The molecule has 5 rings (SSSR count). The van der Waals surface area contributed by atoms with Crippen LogP contribution in [0.15, 0.2) is 42.7 Å². The number of benzene rings is 1. The Labute approximate surface area is 214 Å². The summed E-state index contributed by atoms with van der Waals surface area (Å²) in [7, 11) is 0. The Morgan fingerprint density at radius 1 is 1.12 bits per heavy atom.